The van der Waals surface area contributed by atoms with Gasteiger partial charge in [-0.2, -0.15) is 0 Å². The highest BCUT2D eigenvalue weighted by molar-refractivity contribution is 6.36. The maximum atomic E-state index is 13.7. The summed E-state index contributed by atoms with van der Waals surface area (Å²) in [5.41, 5.74) is 4.04. The van der Waals surface area contributed by atoms with Crippen molar-refractivity contribution < 1.29 is 13.9 Å². The Morgan fingerprint density at radius 1 is 1.16 bits per heavy atom. The van der Waals surface area contributed by atoms with E-state index in [4.69, 9.17) is 4.74 Å². The van der Waals surface area contributed by atoms with Gasteiger partial charge in [-0.15, -0.1) is 0 Å². The lowest BCUT2D eigenvalue weighted by Crippen LogP contribution is -2.15. The van der Waals surface area contributed by atoms with Crippen molar-refractivity contribution in [2.24, 2.45) is 0 Å². The smallest absolute Gasteiger partial charge is 0.260 e. The molecule has 1 amide bonds. The second-order valence-electron chi connectivity index (χ2n) is 6.87. The summed E-state index contributed by atoms with van der Waals surface area (Å²) in [6.45, 7) is 4.70. The molecule has 0 bridgehead atoms. The fourth-order valence-corrected chi connectivity index (χ4v) is 3.52. The first-order valence-corrected chi connectivity index (χ1v) is 8.23. The van der Waals surface area contributed by atoms with Crippen LogP contribution in [0.15, 0.2) is 36.4 Å². The molecule has 2 heterocycles. The van der Waals surface area contributed by atoms with Gasteiger partial charge in [-0.1, -0.05) is 12.1 Å². The van der Waals surface area contributed by atoms with Gasteiger partial charge in [0.1, 0.15) is 17.2 Å². The molecular weight excluding hydrogens is 319 g/mol. The van der Waals surface area contributed by atoms with Crippen molar-refractivity contribution in [3.05, 3.63) is 64.5 Å². The third-order valence-corrected chi connectivity index (χ3v) is 4.67. The number of halogens is 1. The van der Waals surface area contributed by atoms with Gasteiger partial charge >= 0.3 is 0 Å². The highest BCUT2D eigenvalue weighted by atomic mass is 19.1. The van der Waals surface area contributed by atoms with E-state index in [1.165, 1.54) is 12.1 Å². The number of benzene rings is 2. The number of amides is 1. The lowest BCUT2D eigenvalue weighted by molar-refractivity contribution is -0.110. The summed E-state index contributed by atoms with van der Waals surface area (Å²) in [5.74, 6) is -0.133. The highest BCUT2D eigenvalue weighted by Gasteiger charge is 2.40. The Morgan fingerprint density at radius 2 is 1.96 bits per heavy atom. The number of nitrogens with one attached hydrogen (secondary N) is 2. The molecule has 2 aliphatic heterocycles. The zero-order chi connectivity index (χ0) is 17.8. The van der Waals surface area contributed by atoms with Crippen molar-refractivity contribution in [2.75, 3.05) is 12.4 Å². The first-order chi connectivity index (χ1) is 11.9. The van der Waals surface area contributed by atoms with Crippen LogP contribution in [0, 0.1) is 5.82 Å². The Balaban J connectivity index is 1.93. The molecule has 0 unspecified atom stereocenters. The minimum atomic E-state index is -0.558. The first kappa shape index (κ1) is 15.8. The molecule has 128 valence electrons. The van der Waals surface area contributed by atoms with Gasteiger partial charge < -0.3 is 15.4 Å². The van der Waals surface area contributed by atoms with Crippen LogP contribution in [0.5, 0.6) is 0 Å². The number of carbonyl (C=O) groups excluding carboxylic acids is 1. The lowest BCUT2D eigenvalue weighted by Gasteiger charge is -2.20. The first-order valence-electron chi connectivity index (χ1n) is 8.23. The Morgan fingerprint density at radius 3 is 2.72 bits per heavy atom. The van der Waals surface area contributed by atoms with Crippen molar-refractivity contribution in [1.82, 2.24) is 5.32 Å². The van der Waals surface area contributed by atoms with Crippen molar-refractivity contribution in [1.29, 1.82) is 0 Å². The van der Waals surface area contributed by atoms with E-state index in [0.717, 1.165) is 23.2 Å². The molecule has 0 saturated carbocycles. The Bertz CT molecular complexity index is 931. The summed E-state index contributed by atoms with van der Waals surface area (Å²) >= 11 is 0. The molecule has 4 rings (SSSR count). The van der Waals surface area contributed by atoms with Gasteiger partial charge in [0.05, 0.1) is 5.57 Å². The Labute approximate surface area is 145 Å². The van der Waals surface area contributed by atoms with Crippen LogP contribution in [-0.2, 0) is 21.7 Å². The van der Waals surface area contributed by atoms with E-state index in [1.54, 1.807) is 6.07 Å². The van der Waals surface area contributed by atoms with Crippen LogP contribution in [0.25, 0.3) is 11.3 Å². The lowest BCUT2D eigenvalue weighted by atomic mass is 9.92. The summed E-state index contributed by atoms with van der Waals surface area (Å²) in [6.07, 6.45) is 0. The molecule has 4 nitrogen and oxygen atoms in total. The van der Waals surface area contributed by atoms with Crippen molar-refractivity contribution >= 4 is 22.9 Å². The molecule has 2 aromatic carbocycles. The Kier molecular flexibility index (Phi) is 3.44. The van der Waals surface area contributed by atoms with Gasteiger partial charge in [0.15, 0.2) is 0 Å². The van der Waals surface area contributed by atoms with Crippen LogP contribution in [0.1, 0.15) is 36.1 Å². The topological polar surface area (TPSA) is 50.4 Å². The molecule has 5 heteroatoms. The van der Waals surface area contributed by atoms with Crippen molar-refractivity contribution in [3.63, 3.8) is 0 Å². The van der Waals surface area contributed by atoms with Crippen LogP contribution in [-0.4, -0.2) is 13.0 Å². The number of fused-ring (bicyclic) bond motifs is 2. The van der Waals surface area contributed by atoms with E-state index in [2.05, 4.69) is 16.7 Å². The molecule has 0 atom stereocenters. The molecule has 0 fully saturated rings. The van der Waals surface area contributed by atoms with Crippen LogP contribution in [0.3, 0.4) is 0 Å². The predicted octanol–water partition coefficient (Wildman–Crippen LogP) is 3.63. The van der Waals surface area contributed by atoms with E-state index in [-0.39, 0.29) is 11.7 Å². The van der Waals surface area contributed by atoms with Crippen LogP contribution in [0.4, 0.5) is 10.1 Å². The van der Waals surface area contributed by atoms with Crippen molar-refractivity contribution in [3.8, 4) is 0 Å². The van der Waals surface area contributed by atoms with E-state index in [0.29, 0.717) is 22.6 Å². The molecule has 0 spiro atoms. The second-order valence-corrected chi connectivity index (χ2v) is 6.87. The summed E-state index contributed by atoms with van der Waals surface area (Å²) in [7, 11) is 1.90. The molecule has 0 saturated heterocycles. The summed E-state index contributed by atoms with van der Waals surface area (Å²) in [4.78, 5) is 12.5. The summed E-state index contributed by atoms with van der Waals surface area (Å²) in [6, 6.07) is 10.4. The number of hydrogen-bond donors (Lipinski definition) is 2. The molecule has 2 aromatic rings. The standard InChI is InChI=1S/C20H19FN2O2/c1-20(2)15-8-11(10-22-3)4-6-13(15)18(25-20)17-14-9-12(21)5-7-16(14)23-19(17)24/h4-9,22H,10H2,1-3H3,(H,23,24)/b18-17+. The molecule has 0 radical (unpaired) electrons. The third-order valence-electron chi connectivity index (χ3n) is 4.67. The van der Waals surface area contributed by atoms with Crippen molar-refractivity contribution in [2.45, 2.75) is 26.0 Å². The van der Waals surface area contributed by atoms with Gasteiger partial charge in [0.25, 0.3) is 5.91 Å². The molecule has 2 N–H and O–H groups in total. The SMILES string of the molecule is CNCc1ccc2c(c1)C(C)(C)O/C2=C1/C(=O)Nc2ccc(F)cc21. The molecule has 0 aromatic heterocycles. The predicted molar refractivity (Wildman–Crippen MR) is 95.2 cm³/mol. The second kappa shape index (κ2) is 5.43. The van der Waals surface area contributed by atoms with Crippen LogP contribution in [0.2, 0.25) is 0 Å². The molecule has 2 aliphatic rings. The normalized spacial score (nSPS) is 20.1. The maximum absolute atomic E-state index is 13.7. The average Bonchev–Trinajstić information content (AvgIpc) is 3.01. The van der Waals surface area contributed by atoms with Gasteiger partial charge in [-0.05, 0) is 50.7 Å². The number of ether oxygens (including phenoxy) is 1. The summed E-state index contributed by atoms with van der Waals surface area (Å²) in [5, 5.41) is 5.92. The number of hydrogen-bond acceptors (Lipinski definition) is 3. The Hall–Kier alpha value is -2.66. The number of rotatable bonds is 2. The van der Waals surface area contributed by atoms with Gasteiger partial charge in [-0.3, -0.25) is 4.79 Å². The third kappa shape index (κ3) is 2.43. The van der Waals surface area contributed by atoms with Gasteiger partial charge in [0, 0.05) is 28.9 Å². The minimum absolute atomic E-state index is 0.265. The van der Waals surface area contributed by atoms with Gasteiger partial charge in [-0.25, -0.2) is 4.39 Å². The summed E-state index contributed by atoms with van der Waals surface area (Å²) < 4.78 is 19.9. The quantitative estimate of drug-likeness (QED) is 0.822. The molecular formula is C20H19FN2O2. The monoisotopic (exact) mass is 338 g/mol. The highest BCUT2D eigenvalue weighted by Crippen LogP contribution is 2.48. The fraction of sp³-hybridized carbons (Fsp3) is 0.250. The van der Waals surface area contributed by atoms with E-state index in [1.807, 2.05) is 33.0 Å². The van der Waals surface area contributed by atoms with Crippen LogP contribution >= 0.6 is 0 Å². The number of anilines is 1. The largest absolute Gasteiger partial charge is 0.482 e. The number of carbonyl (C=O) groups is 1. The minimum Gasteiger partial charge on any atom is -0.482 e. The zero-order valence-electron chi connectivity index (χ0n) is 14.4. The van der Waals surface area contributed by atoms with E-state index >= 15 is 0 Å². The fourth-order valence-electron chi connectivity index (χ4n) is 3.52. The van der Waals surface area contributed by atoms with E-state index in [9.17, 15) is 9.18 Å². The maximum Gasteiger partial charge on any atom is 0.260 e. The molecule has 0 aliphatic carbocycles. The average molecular weight is 338 g/mol. The van der Waals surface area contributed by atoms with E-state index < -0.39 is 5.60 Å². The van der Waals surface area contributed by atoms with Crippen LogP contribution < -0.4 is 10.6 Å². The van der Waals surface area contributed by atoms with Gasteiger partial charge in [0.2, 0.25) is 0 Å². The molecule has 25 heavy (non-hydrogen) atoms. The zero-order valence-corrected chi connectivity index (χ0v) is 14.4.